The normalized spacial score (nSPS) is 18.3. The van der Waals surface area contributed by atoms with Crippen LogP contribution in [0.15, 0.2) is 12.4 Å². The Bertz CT molecular complexity index is 341. The summed E-state index contributed by atoms with van der Waals surface area (Å²) in [5.41, 5.74) is 6.88. The third-order valence-electron chi connectivity index (χ3n) is 3.62. The number of nitrogens with zero attached hydrogens (tertiary/aromatic N) is 4. The van der Waals surface area contributed by atoms with E-state index in [-0.39, 0.29) is 0 Å². The van der Waals surface area contributed by atoms with Crippen molar-refractivity contribution in [2.24, 2.45) is 12.8 Å². The van der Waals surface area contributed by atoms with E-state index < -0.39 is 0 Å². The summed E-state index contributed by atoms with van der Waals surface area (Å²) in [4.78, 5) is 5.07. The van der Waals surface area contributed by atoms with Crippen LogP contribution in [0.4, 0.5) is 0 Å². The number of hydrogen-bond acceptors (Lipinski definition) is 4. The van der Waals surface area contributed by atoms with E-state index in [4.69, 9.17) is 5.73 Å². The van der Waals surface area contributed by atoms with Crippen molar-refractivity contribution in [1.29, 1.82) is 0 Å². The van der Waals surface area contributed by atoms with Crippen molar-refractivity contribution in [3.63, 3.8) is 0 Å². The third kappa shape index (κ3) is 4.08. The zero-order valence-electron chi connectivity index (χ0n) is 11.4. The van der Waals surface area contributed by atoms with Gasteiger partial charge in [-0.05, 0) is 31.5 Å². The van der Waals surface area contributed by atoms with Crippen LogP contribution < -0.4 is 5.73 Å². The first kappa shape index (κ1) is 13.5. The van der Waals surface area contributed by atoms with Gasteiger partial charge in [-0.1, -0.05) is 0 Å². The maximum absolute atomic E-state index is 5.54. The van der Waals surface area contributed by atoms with Crippen LogP contribution >= 0.6 is 0 Å². The predicted octanol–water partition coefficient (Wildman–Crippen LogP) is -0.0710. The molecule has 2 heterocycles. The Balaban J connectivity index is 1.64. The summed E-state index contributed by atoms with van der Waals surface area (Å²) < 4.78 is 1.88. The van der Waals surface area contributed by atoms with Gasteiger partial charge in [0, 0.05) is 46.0 Å². The van der Waals surface area contributed by atoms with Gasteiger partial charge < -0.3 is 15.5 Å². The lowest BCUT2D eigenvalue weighted by Gasteiger charge is -2.34. The van der Waals surface area contributed by atoms with Gasteiger partial charge in [-0.2, -0.15) is 5.10 Å². The van der Waals surface area contributed by atoms with Gasteiger partial charge in [0.1, 0.15) is 0 Å². The molecule has 5 heteroatoms. The molecule has 1 aromatic rings. The number of aromatic nitrogens is 2. The first-order valence-corrected chi connectivity index (χ1v) is 6.90. The molecule has 0 aliphatic carbocycles. The first-order valence-electron chi connectivity index (χ1n) is 6.90. The molecule has 1 aromatic heterocycles. The van der Waals surface area contributed by atoms with Crippen molar-refractivity contribution in [3.8, 4) is 0 Å². The van der Waals surface area contributed by atoms with Crippen LogP contribution in [0, 0.1) is 0 Å². The Morgan fingerprint density at radius 1 is 1.17 bits per heavy atom. The number of hydrogen-bond donors (Lipinski definition) is 1. The Hall–Kier alpha value is -0.910. The Morgan fingerprint density at radius 3 is 2.39 bits per heavy atom. The van der Waals surface area contributed by atoms with E-state index in [0.717, 1.165) is 32.5 Å². The fraction of sp³-hybridized carbons (Fsp3) is 0.769. The summed E-state index contributed by atoms with van der Waals surface area (Å²) in [6.45, 7) is 7.86. The highest BCUT2D eigenvalue weighted by atomic mass is 15.3. The summed E-state index contributed by atoms with van der Waals surface area (Å²) in [6, 6.07) is 0. The Labute approximate surface area is 110 Å². The Morgan fingerprint density at radius 2 is 1.83 bits per heavy atom. The van der Waals surface area contributed by atoms with E-state index >= 15 is 0 Å². The average molecular weight is 251 g/mol. The predicted molar refractivity (Wildman–Crippen MR) is 73.5 cm³/mol. The lowest BCUT2D eigenvalue weighted by atomic mass is 10.2. The molecule has 0 atom stereocenters. The van der Waals surface area contributed by atoms with E-state index in [1.165, 1.54) is 31.7 Å². The topological polar surface area (TPSA) is 50.3 Å². The Kier molecular flexibility index (Phi) is 5.16. The largest absolute Gasteiger partial charge is 0.330 e. The van der Waals surface area contributed by atoms with Crippen molar-refractivity contribution in [1.82, 2.24) is 19.6 Å². The number of nitrogens with two attached hydrogens (primary N) is 1. The van der Waals surface area contributed by atoms with Crippen molar-refractivity contribution in [2.75, 3.05) is 45.8 Å². The minimum absolute atomic E-state index is 0.807. The van der Waals surface area contributed by atoms with Gasteiger partial charge >= 0.3 is 0 Å². The minimum Gasteiger partial charge on any atom is -0.330 e. The summed E-state index contributed by atoms with van der Waals surface area (Å²) in [5, 5.41) is 4.20. The third-order valence-corrected chi connectivity index (χ3v) is 3.62. The van der Waals surface area contributed by atoms with Gasteiger partial charge in [0.25, 0.3) is 0 Å². The molecule has 0 unspecified atom stereocenters. The van der Waals surface area contributed by atoms with Crippen LogP contribution in [0.1, 0.15) is 12.0 Å². The lowest BCUT2D eigenvalue weighted by molar-refractivity contribution is 0.133. The van der Waals surface area contributed by atoms with Crippen molar-refractivity contribution >= 4 is 0 Å². The molecule has 1 saturated heterocycles. The molecule has 102 valence electrons. The van der Waals surface area contributed by atoms with Gasteiger partial charge in [0.2, 0.25) is 0 Å². The van der Waals surface area contributed by atoms with Crippen LogP contribution in [-0.4, -0.2) is 65.4 Å². The summed E-state index contributed by atoms with van der Waals surface area (Å²) in [7, 11) is 1.97. The molecular weight excluding hydrogens is 226 g/mol. The number of piperazine rings is 1. The quantitative estimate of drug-likeness (QED) is 0.769. The van der Waals surface area contributed by atoms with Crippen LogP contribution in [-0.2, 0) is 13.5 Å². The van der Waals surface area contributed by atoms with Gasteiger partial charge in [-0.15, -0.1) is 0 Å². The minimum atomic E-state index is 0.807. The van der Waals surface area contributed by atoms with Gasteiger partial charge in [0.15, 0.2) is 0 Å². The summed E-state index contributed by atoms with van der Waals surface area (Å²) in [5.74, 6) is 0. The highest BCUT2D eigenvalue weighted by Crippen LogP contribution is 2.05. The number of rotatable bonds is 6. The molecule has 0 radical (unpaired) electrons. The molecule has 0 saturated carbocycles. The van der Waals surface area contributed by atoms with Crippen LogP contribution in [0.3, 0.4) is 0 Å². The zero-order valence-corrected chi connectivity index (χ0v) is 11.4. The molecule has 0 amide bonds. The second-order valence-corrected chi connectivity index (χ2v) is 5.10. The molecular formula is C13H25N5. The maximum Gasteiger partial charge on any atom is 0.0522 e. The van der Waals surface area contributed by atoms with E-state index in [1.54, 1.807) is 0 Å². The smallest absolute Gasteiger partial charge is 0.0522 e. The molecule has 2 rings (SSSR count). The van der Waals surface area contributed by atoms with Crippen molar-refractivity contribution in [2.45, 2.75) is 12.8 Å². The molecule has 5 nitrogen and oxygen atoms in total. The van der Waals surface area contributed by atoms with E-state index in [2.05, 4.69) is 21.1 Å². The first-order chi connectivity index (χ1) is 8.78. The molecule has 0 spiro atoms. The van der Waals surface area contributed by atoms with E-state index in [9.17, 15) is 0 Å². The highest BCUT2D eigenvalue weighted by molar-refractivity contribution is 5.04. The molecule has 0 aromatic carbocycles. The van der Waals surface area contributed by atoms with Crippen LogP contribution in [0.2, 0.25) is 0 Å². The van der Waals surface area contributed by atoms with Crippen molar-refractivity contribution in [3.05, 3.63) is 18.0 Å². The molecule has 1 fully saturated rings. The maximum atomic E-state index is 5.54. The average Bonchev–Trinajstić information content (AvgIpc) is 2.81. The molecule has 1 aliphatic rings. The molecule has 0 bridgehead atoms. The van der Waals surface area contributed by atoms with Crippen molar-refractivity contribution < 1.29 is 0 Å². The van der Waals surface area contributed by atoms with E-state index in [0.29, 0.717) is 0 Å². The molecule has 18 heavy (non-hydrogen) atoms. The lowest BCUT2D eigenvalue weighted by Crippen LogP contribution is -2.47. The highest BCUT2D eigenvalue weighted by Gasteiger charge is 2.15. The number of aryl methyl sites for hydroxylation is 1. The SMILES string of the molecule is Cn1cc(CCN2CCN(CCCN)CC2)cn1. The monoisotopic (exact) mass is 251 g/mol. The van der Waals surface area contributed by atoms with Gasteiger partial charge in [-0.25, -0.2) is 0 Å². The van der Waals surface area contributed by atoms with Gasteiger partial charge in [0.05, 0.1) is 6.20 Å². The fourth-order valence-corrected chi connectivity index (χ4v) is 2.44. The van der Waals surface area contributed by atoms with E-state index in [1.807, 2.05) is 17.9 Å². The second-order valence-electron chi connectivity index (χ2n) is 5.10. The van der Waals surface area contributed by atoms with Crippen LogP contribution in [0.5, 0.6) is 0 Å². The van der Waals surface area contributed by atoms with Gasteiger partial charge in [-0.3, -0.25) is 4.68 Å². The fourth-order valence-electron chi connectivity index (χ4n) is 2.44. The summed E-state index contributed by atoms with van der Waals surface area (Å²) >= 11 is 0. The standard InChI is InChI=1S/C13H25N5/c1-16-12-13(11-15-16)3-6-18-9-7-17(8-10-18)5-2-4-14/h11-12H,2-10,14H2,1H3. The molecule has 1 aliphatic heterocycles. The zero-order chi connectivity index (χ0) is 12.8. The molecule has 2 N–H and O–H groups in total. The second kappa shape index (κ2) is 6.87. The summed E-state index contributed by atoms with van der Waals surface area (Å²) in [6.07, 6.45) is 6.31. The van der Waals surface area contributed by atoms with Crippen LogP contribution in [0.25, 0.3) is 0 Å².